The van der Waals surface area contributed by atoms with Crippen LogP contribution >= 0.6 is 0 Å². The molecule has 3 saturated heterocycles. The summed E-state index contributed by atoms with van der Waals surface area (Å²) in [5.41, 5.74) is 2.30. The van der Waals surface area contributed by atoms with Gasteiger partial charge in [0.05, 0.1) is 26.3 Å². The SMILES string of the molecule is CC(C(=O)NN1CCN(C(=O)CCN2CCOCC2)C(F)C1)(c1ccccc1)C1CNC(=O)O1. The van der Waals surface area contributed by atoms with Crippen molar-refractivity contribution in [3.63, 3.8) is 0 Å². The number of alkyl carbamates (subject to hydrolysis) is 1. The number of nitrogens with one attached hydrogen (secondary N) is 2. The summed E-state index contributed by atoms with van der Waals surface area (Å²) >= 11 is 0. The fourth-order valence-corrected chi connectivity index (χ4v) is 4.56. The van der Waals surface area contributed by atoms with Gasteiger partial charge in [-0.2, -0.15) is 0 Å². The molecule has 0 aliphatic carbocycles. The minimum Gasteiger partial charge on any atom is -0.443 e. The van der Waals surface area contributed by atoms with E-state index >= 15 is 0 Å². The van der Waals surface area contributed by atoms with Crippen LogP contribution in [0.3, 0.4) is 0 Å². The molecule has 0 aromatic heterocycles. The summed E-state index contributed by atoms with van der Waals surface area (Å²) in [4.78, 5) is 41.1. The summed E-state index contributed by atoms with van der Waals surface area (Å²) in [6.45, 7) is 5.66. The lowest BCUT2D eigenvalue weighted by molar-refractivity contribution is -0.146. The first-order chi connectivity index (χ1) is 16.4. The number of ether oxygens (including phenoxy) is 2. The van der Waals surface area contributed by atoms with Gasteiger partial charge in [0, 0.05) is 39.1 Å². The number of nitrogens with zero attached hydrogens (tertiary/aromatic N) is 3. The van der Waals surface area contributed by atoms with E-state index in [1.807, 2.05) is 18.2 Å². The van der Waals surface area contributed by atoms with Crippen molar-refractivity contribution >= 4 is 17.9 Å². The van der Waals surface area contributed by atoms with Gasteiger partial charge in [0.2, 0.25) is 11.8 Å². The van der Waals surface area contributed by atoms with Gasteiger partial charge >= 0.3 is 6.09 Å². The molecule has 3 unspecified atom stereocenters. The second-order valence-corrected chi connectivity index (χ2v) is 8.96. The topological polar surface area (TPSA) is 103 Å². The standard InChI is InChI=1S/C23H32FN5O5/c1-23(17-5-3-2-4-6-17,18-15-25-22(32)34-18)21(31)26-28-9-10-29(19(24)16-28)20(30)7-8-27-11-13-33-14-12-27/h2-6,18-19H,7-16H2,1H3,(H,25,32)(H,26,31). The maximum Gasteiger partial charge on any atom is 0.407 e. The van der Waals surface area contributed by atoms with Crippen molar-refractivity contribution in [2.75, 3.05) is 59.0 Å². The van der Waals surface area contributed by atoms with Gasteiger partial charge in [-0.3, -0.25) is 19.9 Å². The molecular formula is C23H32FN5O5. The number of hydrogen-bond acceptors (Lipinski definition) is 7. The predicted octanol–water partition coefficient (Wildman–Crippen LogP) is 0.246. The van der Waals surface area contributed by atoms with Crippen molar-refractivity contribution in [3.05, 3.63) is 35.9 Å². The number of halogens is 1. The third-order valence-corrected chi connectivity index (χ3v) is 6.82. The molecule has 11 heteroatoms. The number of hydrogen-bond donors (Lipinski definition) is 2. The highest BCUT2D eigenvalue weighted by atomic mass is 19.1. The van der Waals surface area contributed by atoms with E-state index in [9.17, 15) is 18.8 Å². The van der Waals surface area contributed by atoms with E-state index < -0.39 is 29.8 Å². The van der Waals surface area contributed by atoms with Crippen molar-refractivity contribution in [2.24, 2.45) is 0 Å². The first-order valence-electron chi connectivity index (χ1n) is 11.7. The van der Waals surface area contributed by atoms with Gasteiger partial charge in [0.25, 0.3) is 0 Å². The summed E-state index contributed by atoms with van der Waals surface area (Å²) in [6.07, 6.45) is -2.57. The average Bonchev–Trinajstić information content (AvgIpc) is 3.30. The average molecular weight is 478 g/mol. The molecule has 0 spiro atoms. The zero-order valence-corrected chi connectivity index (χ0v) is 19.4. The fraction of sp³-hybridized carbons (Fsp3) is 0.609. The number of carbonyl (C=O) groups is 3. The summed E-state index contributed by atoms with van der Waals surface area (Å²) in [5, 5.41) is 4.09. The number of carbonyl (C=O) groups excluding carboxylic acids is 3. The molecule has 0 bridgehead atoms. The van der Waals surface area contributed by atoms with Crippen LogP contribution in [0.15, 0.2) is 30.3 Å². The van der Waals surface area contributed by atoms with Gasteiger partial charge < -0.3 is 19.7 Å². The Morgan fingerprint density at radius 2 is 1.91 bits per heavy atom. The third-order valence-electron chi connectivity index (χ3n) is 6.82. The Morgan fingerprint density at radius 1 is 1.18 bits per heavy atom. The van der Waals surface area contributed by atoms with E-state index in [4.69, 9.17) is 9.47 Å². The molecule has 34 heavy (non-hydrogen) atoms. The molecule has 3 aliphatic heterocycles. The van der Waals surface area contributed by atoms with Crippen molar-refractivity contribution in [3.8, 4) is 0 Å². The van der Waals surface area contributed by atoms with Crippen LogP contribution in [0.4, 0.5) is 9.18 Å². The molecule has 3 atom stereocenters. The van der Waals surface area contributed by atoms with Crippen LogP contribution in [0.5, 0.6) is 0 Å². The van der Waals surface area contributed by atoms with Crippen LogP contribution in [-0.4, -0.2) is 104 Å². The van der Waals surface area contributed by atoms with Gasteiger partial charge in [-0.25, -0.2) is 14.2 Å². The quantitative estimate of drug-likeness (QED) is 0.543. The molecule has 10 nitrogen and oxygen atoms in total. The molecule has 186 valence electrons. The Hall–Kier alpha value is -2.76. The van der Waals surface area contributed by atoms with Gasteiger partial charge in [-0.15, -0.1) is 0 Å². The molecule has 0 saturated carbocycles. The van der Waals surface area contributed by atoms with Crippen LogP contribution in [0, 0.1) is 0 Å². The molecule has 1 aromatic rings. The molecular weight excluding hydrogens is 445 g/mol. The zero-order valence-electron chi connectivity index (χ0n) is 19.4. The lowest BCUT2D eigenvalue weighted by Gasteiger charge is -2.40. The van der Waals surface area contributed by atoms with Crippen LogP contribution in [-0.2, 0) is 24.5 Å². The second-order valence-electron chi connectivity index (χ2n) is 8.96. The summed E-state index contributed by atoms with van der Waals surface area (Å²) < 4.78 is 25.6. The largest absolute Gasteiger partial charge is 0.443 e. The smallest absolute Gasteiger partial charge is 0.407 e. The van der Waals surface area contributed by atoms with Crippen LogP contribution in [0.2, 0.25) is 0 Å². The molecule has 1 aromatic carbocycles. The summed E-state index contributed by atoms with van der Waals surface area (Å²) in [7, 11) is 0. The normalized spacial score (nSPS) is 25.8. The molecule has 3 aliphatic rings. The maximum atomic E-state index is 14.9. The number of cyclic esters (lactones) is 1. The lowest BCUT2D eigenvalue weighted by Crippen LogP contribution is -2.62. The zero-order chi connectivity index (χ0) is 24.1. The molecule has 3 fully saturated rings. The van der Waals surface area contributed by atoms with Gasteiger partial charge in [0.15, 0.2) is 6.30 Å². The Labute approximate surface area is 198 Å². The van der Waals surface area contributed by atoms with E-state index in [0.29, 0.717) is 31.9 Å². The summed E-state index contributed by atoms with van der Waals surface area (Å²) in [6, 6.07) is 9.06. The fourth-order valence-electron chi connectivity index (χ4n) is 4.56. The van der Waals surface area contributed by atoms with Gasteiger partial charge in [-0.05, 0) is 12.5 Å². The number of morpholine rings is 1. The maximum absolute atomic E-state index is 14.9. The Bertz CT molecular complexity index is 884. The van der Waals surface area contributed by atoms with Crippen molar-refractivity contribution in [1.82, 2.24) is 25.6 Å². The van der Waals surface area contributed by atoms with E-state index in [0.717, 1.165) is 13.1 Å². The van der Waals surface area contributed by atoms with Crippen LogP contribution in [0.25, 0.3) is 0 Å². The van der Waals surface area contributed by atoms with Crippen LogP contribution < -0.4 is 10.7 Å². The van der Waals surface area contributed by atoms with E-state index in [1.165, 1.54) is 9.91 Å². The van der Waals surface area contributed by atoms with Crippen molar-refractivity contribution in [2.45, 2.75) is 31.2 Å². The Kier molecular flexibility index (Phi) is 7.64. The first-order valence-corrected chi connectivity index (χ1v) is 11.7. The predicted molar refractivity (Wildman–Crippen MR) is 120 cm³/mol. The van der Waals surface area contributed by atoms with Crippen LogP contribution in [0.1, 0.15) is 18.9 Å². The molecule has 3 amide bonds. The van der Waals surface area contributed by atoms with Gasteiger partial charge in [0.1, 0.15) is 11.5 Å². The molecule has 2 N–H and O–H groups in total. The monoisotopic (exact) mass is 477 g/mol. The number of alkyl halides is 1. The number of benzene rings is 1. The first kappa shape index (κ1) is 24.4. The molecule has 4 rings (SSSR count). The third kappa shape index (κ3) is 5.31. The second kappa shape index (κ2) is 10.7. The van der Waals surface area contributed by atoms with E-state index in [1.54, 1.807) is 19.1 Å². The highest BCUT2D eigenvalue weighted by molar-refractivity contribution is 5.89. The molecule has 3 heterocycles. The van der Waals surface area contributed by atoms with Crippen molar-refractivity contribution in [1.29, 1.82) is 0 Å². The van der Waals surface area contributed by atoms with E-state index in [-0.39, 0.29) is 32.0 Å². The van der Waals surface area contributed by atoms with Crippen molar-refractivity contribution < 1.29 is 28.2 Å². The van der Waals surface area contributed by atoms with E-state index in [2.05, 4.69) is 15.6 Å². The highest BCUT2D eigenvalue weighted by Crippen LogP contribution is 2.32. The Balaban J connectivity index is 1.35. The minimum absolute atomic E-state index is 0.136. The highest BCUT2D eigenvalue weighted by Gasteiger charge is 2.48. The Morgan fingerprint density at radius 3 is 2.56 bits per heavy atom. The number of hydrazine groups is 1. The minimum atomic E-state index is -1.53. The number of amides is 3. The van der Waals surface area contributed by atoms with Gasteiger partial charge in [-0.1, -0.05) is 30.3 Å². The molecule has 0 radical (unpaired) electrons. The summed E-state index contributed by atoms with van der Waals surface area (Å²) in [5.74, 6) is -0.637. The number of rotatable bonds is 7. The number of piperazine rings is 1. The lowest BCUT2D eigenvalue weighted by atomic mass is 9.76.